The number of alkyl carbamates (subject to hydrolysis) is 1. The minimum absolute atomic E-state index is 0.00865. The van der Waals surface area contributed by atoms with Crippen molar-refractivity contribution in [3.63, 3.8) is 0 Å². The number of anilines is 1. The van der Waals surface area contributed by atoms with Gasteiger partial charge in [-0.1, -0.05) is 13.8 Å². The molecule has 4 rings (SSSR count). The standard InChI is InChI=1S/C25H33N5O5/c1-24(2,3)35-23(31)29-14-6-8-15(9-7-14)34-18-11-10-16-17(21(18)30(32)33)12-25(4,5)19-20(16)27-13-28-22(19)26/h10-11,13-15H,6-9,12H2,1-5H3,(H,29,31)(H2,26,27,28)/t14-,15-. The van der Waals surface area contributed by atoms with Crippen LogP contribution in [0.5, 0.6) is 5.75 Å². The number of aromatic nitrogens is 2. The summed E-state index contributed by atoms with van der Waals surface area (Å²) in [6, 6.07) is 3.47. The second-order valence-corrected chi connectivity index (χ2v) is 11.0. The topological polar surface area (TPSA) is 142 Å². The summed E-state index contributed by atoms with van der Waals surface area (Å²) in [5, 5.41) is 15.1. The number of nitrogens with two attached hydrogens (primary N) is 1. The van der Waals surface area contributed by atoms with E-state index >= 15 is 0 Å². The Kier molecular flexibility index (Phi) is 6.33. The highest BCUT2D eigenvalue weighted by Crippen LogP contribution is 2.49. The number of nitrogen functional groups attached to an aromatic ring is 1. The summed E-state index contributed by atoms with van der Waals surface area (Å²) in [7, 11) is 0. The van der Waals surface area contributed by atoms with Gasteiger partial charge >= 0.3 is 11.8 Å². The highest BCUT2D eigenvalue weighted by atomic mass is 16.6. The van der Waals surface area contributed by atoms with Gasteiger partial charge in [0.15, 0.2) is 5.75 Å². The Balaban J connectivity index is 1.53. The molecular formula is C25H33N5O5. The van der Waals surface area contributed by atoms with Gasteiger partial charge in [-0.05, 0) is 70.4 Å². The average molecular weight is 484 g/mol. The lowest BCUT2D eigenvalue weighted by atomic mass is 9.71. The van der Waals surface area contributed by atoms with Crippen LogP contribution in [0.3, 0.4) is 0 Å². The van der Waals surface area contributed by atoms with E-state index in [1.807, 2.05) is 40.7 Å². The van der Waals surface area contributed by atoms with Crippen molar-refractivity contribution in [3.05, 3.63) is 39.7 Å². The lowest BCUT2D eigenvalue weighted by Crippen LogP contribution is -2.42. The summed E-state index contributed by atoms with van der Waals surface area (Å²) < 4.78 is 11.5. The molecule has 1 aromatic carbocycles. The Morgan fingerprint density at radius 3 is 2.51 bits per heavy atom. The monoisotopic (exact) mass is 483 g/mol. The summed E-state index contributed by atoms with van der Waals surface area (Å²) in [6.45, 7) is 9.45. The zero-order valence-corrected chi connectivity index (χ0v) is 20.9. The number of nitro groups is 1. The molecule has 0 bridgehead atoms. The van der Waals surface area contributed by atoms with Gasteiger partial charge in [-0.3, -0.25) is 10.1 Å². The molecule has 0 aliphatic heterocycles. The molecule has 0 unspecified atom stereocenters. The van der Waals surface area contributed by atoms with E-state index in [-0.39, 0.29) is 28.5 Å². The Labute approximate surface area is 204 Å². The third-order valence-electron chi connectivity index (χ3n) is 6.54. The summed E-state index contributed by atoms with van der Waals surface area (Å²) in [6.07, 6.45) is 3.97. The van der Waals surface area contributed by atoms with E-state index < -0.39 is 17.1 Å². The molecule has 1 fully saturated rings. The average Bonchev–Trinajstić information content (AvgIpc) is 2.72. The molecule has 2 aliphatic carbocycles. The fraction of sp³-hybridized carbons (Fsp3) is 0.560. The van der Waals surface area contributed by atoms with Crippen molar-refractivity contribution >= 4 is 17.6 Å². The first-order valence-electron chi connectivity index (χ1n) is 11.9. The van der Waals surface area contributed by atoms with Gasteiger partial charge in [-0.25, -0.2) is 14.8 Å². The van der Waals surface area contributed by atoms with Crippen molar-refractivity contribution in [1.29, 1.82) is 0 Å². The van der Waals surface area contributed by atoms with Crippen LogP contribution in [0.2, 0.25) is 0 Å². The molecule has 0 atom stereocenters. The molecule has 10 heteroatoms. The number of carbonyl (C=O) groups excluding carboxylic acids is 1. The van der Waals surface area contributed by atoms with Gasteiger partial charge in [-0.15, -0.1) is 0 Å². The number of nitrogens with one attached hydrogen (secondary N) is 1. The number of rotatable bonds is 4. The van der Waals surface area contributed by atoms with Gasteiger partial charge in [0.2, 0.25) is 0 Å². The van der Waals surface area contributed by atoms with Crippen molar-refractivity contribution in [2.45, 2.75) is 89.9 Å². The number of hydrogen-bond acceptors (Lipinski definition) is 8. The molecule has 1 heterocycles. The van der Waals surface area contributed by atoms with E-state index in [1.54, 1.807) is 6.07 Å². The minimum atomic E-state index is -0.553. The van der Waals surface area contributed by atoms with Gasteiger partial charge in [0, 0.05) is 22.7 Å². The van der Waals surface area contributed by atoms with Crippen molar-refractivity contribution in [2.24, 2.45) is 0 Å². The van der Waals surface area contributed by atoms with Gasteiger partial charge in [0.05, 0.1) is 16.7 Å². The van der Waals surface area contributed by atoms with Crippen LogP contribution in [0, 0.1) is 10.1 Å². The number of benzene rings is 1. The van der Waals surface area contributed by atoms with Crippen LogP contribution in [0.1, 0.15) is 71.4 Å². The van der Waals surface area contributed by atoms with Gasteiger partial charge in [0.25, 0.3) is 0 Å². The molecule has 2 aliphatic rings. The minimum Gasteiger partial charge on any atom is -0.483 e. The van der Waals surface area contributed by atoms with E-state index in [1.165, 1.54) is 6.33 Å². The summed E-state index contributed by atoms with van der Waals surface area (Å²) in [5.41, 5.74) is 7.85. The summed E-state index contributed by atoms with van der Waals surface area (Å²) in [5.74, 6) is 0.656. The number of amides is 1. The van der Waals surface area contributed by atoms with E-state index in [2.05, 4.69) is 15.3 Å². The second kappa shape index (κ2) is 8.98. The SMILES string of the molecule is CC(C)(C)OC(=O)N[C@H]1CC[C@H](Oc2ccc3c(c2[N+](=O)[O-])CC(C)(C)c2c(N)ncnc2-3)CC1. The fourth-order valence-electron chi connectivity index (χ4n) is 5.09. The van der Waals surface area contributed by atoms with Crippen LogP contribution >= 0.6 is 0 Å². The number of carbonyl (C=O) groups is 1. The van der Waals surface area contributed by atoms with Crippen molar-refractivity contribution in [2.75, 3.05) is 5.73 Å². The summed E-state index contributed by atoms with van der Waals surface area (Å²) >= 11 is 0. The van der Waals surface area contributed by atoms with E-state index in [0.29, 0.717) is 54.7 Å². The highest BCUT2D eigenvalue weighted by Gasteiger charge is 2.40. The first-order chi connectivity index (χ1) is 16.4. The molecule has 1 aromatic heterocycles. The third-order valence-corrected chi connectivity index (χ3v) is 6.54. The Hall–Kier alpha value is -3.43. The largest absolute Gasteiger partial charge is 0.483 e. The maximum absolute atomic E-state index is 12.2. The molecule has 35 heavy (non-hydrogen) atoms. The van der Waals surface area contributed by atoms with Crippen LogP contribution in [0.25, 0.3) is 11.3 Å². The molecule has 1 amide bonds. The lowest BCUT2D eigenvalue weighted by molar-refractivity contribution is -0.386. The number of nitrogens with zero attached hydrogens (tertiary/aromatic N) is 3. The molecule has 2 aromatic rings. The predicted molar refractivity (Wildman–Crippen MR) is 131 cm³/mol. The number of ether oxygens (including phenoxy) is 2. The van der Waals surface area contributed by atoms with Crippen LogP contribution in [0.4, 0.5) is 16.3 Å². The maximum atomic E-state index is 12.2. The molecule has 0 saturated heterocycles. The lowest BCUT2D eigenvalue weighted by Gasteiger charge is -2.34. The second-order valence-electron chi connectivity index (χ2n) is 11.0. The van der Waals surface area contributed by atoms with Crippen LogP contribution in [-0.4, -0.2) is 38.7 Å². The smallest absolute Gasteiger partial charge is 0.407 e. The molecule has 10 nitrogen and oxygen atoms in total. The maximum Gasteiger partial charge on any atom is 0.407 e. The number of fused-ring (bicyclic) bond motifs is 3. The van der Waals surface area contributed by atoms with E-state index in [4.69, 9.17) is 15.2 Å². The Morgan fingerprint density at radius 1 is 1.20 bits per heavy atom. The van der Waals surface area contributed by atoms with Crippen LogP contribution in [0.15, 0.2) is 18.5 Å². The van der Waals surface area contributed by atoms with Crippen LogP contribution in [-0.2, 0) is 16.6 Å². The number of hydrogen-bond donors (Lipinski definition) is 2. The van der Waals surface area contributed by atoms with Crippen LogP contribution < -0.4 is 15.8 Å². The first kappa shape index (κ1) is 24.7. The first-order valence-corrected chi connectivity index (χ1v) is 11.9. The zero-order valence-electron chi connectivity index (χ0n) is 20.9. The Morgan fingerprint density at radius 2 is 1.89 bits per heavy atom. The molecular weight excluding hydrogens is 450 g/mol. The van der Waals surface area contributed by atoms with Gasteiger partial charge < -0.3 is 20.5 Å². The number of nitro benzene ring substituents is 1. The quantitative estimate of drug-likeness (QED) is 0.471. The zero-order chi connectivity index (χ0) is 25.5. The van der Waals surface area contributed by atoms with Gasteiger partial charge in [0.1, 0.15) is 17.7 Å². The molecule has 0 radical (unpaired) electrons. The van der Waals surface area contributed by atoms with Crippen molar-refractivity contribution in [3.8, 4) is 17.0 Å². The fourth-order valence-corrected chi connectivity index (χ4v) is 5.09. The Bertz CT molecular complexity index is 1150. The molecule has 3 N–H and O–H groups in total. The normalized spacial score (nSPS) is 20.8. The van der Waals surface area contributed by atoms with E-state index in [0.717, 1.165) is 5.56 Å². The predicted octanol–water partition coefficient (Wildman–Crippen LogP) is 4.68. The highest BCUT2D eigenvalue weighted by molar-refractivity contribution is 5.80. The molecule has 1 saturated carbocycles. The van der Waals surface area contributed by atoms with E-state index in [9.17, 15) is 14.9 Å². The van der Waals surface area contributed by atoms with Gasteiger partial charge in [-0.2, -0.15) is 0 Å². The third kappa shape index (κ3) is 5.16. The summed E-state index contributed by atoms with van der Waals surface area (Å²) in [4.78, 5) is 32.5. The molecule has 188 valence electrons. The van der Waals surface area contributed by atoms with Crippen molar-refractivity contribution in [1.82, 2.24) is 15.3 Å². The molecule has 0 spiro atoms. The van der Waals surface area contributed by atoms with Crippen molar-refractivity contribution < 1.29 is 19.2 Å².